The maximum Gasteiger partial charge on any atom is 0.125 e. The summed E-state index contributed by atoms with van der Waals surface area (Å²) in [4.78, 5) is 7.39. The summed E-state index contributed by atoms with van der Waals surface area (Å²) in [7, 11) is 0. The number of nitrogens with zero attached hydrogens (tertiary/aromatic N) is 1. The van der Waals surface area contributed by atoms with Gasteiger partial charge in [-0.2, -0.15) is 0 Å². The maximum absolute atomic E-state index is 9.02. The Balaban J connectivity index is 2.43. The smallest absolute Gasteiger partial charge is 0.125 e. The van der Waals surface area contributed by atoms with Gasteiger partial charge in [0.25, 0.3) is 0 Å². The number of aliphatic hydroxyl groups excluding tert-OH is 1. The van der Waals surface area contributed by atoms with Gasteiger partial charge in [-0.25, -0.2) is 4.98 Å². The maximum atomic E-state index is 9.02. The van der Waals surface area contributed by atoms with Gasteiger partial charge in [0.2, 0.25) is 0 Å². The normalized spacial score (nSPS) is 12.7. The average molecular weight is 245 g/mol. The number of aromatic amines is 1. The molecule has 2 aromatic rings. The van der Waals surface area contributed by atoms with Crippen molar-refractivity contribution in [3.05, 3.63) is 40.8 Å². The molecule has 0 fully saturated rings. The van der Waals surface area contributed by atoms with Crippen molar-refractivity contribution in [2.24, 2.45) is 5.73 Å². The van der Waals surface area contributed by atoms with Crippen LogP contribution in [0.5, 0.6) is 0 Å². The standard InChI is InChI=1S/C14H19N3O/c1-8-4-5-11(10(3)9(8)2)13-6-16-14(17-13)12(15)7-18/h4-6,12,18H,7,15H2,1-3H3,(H,16,17). The topological polar surface area (TPSA) is 74.9 Å². The van der Waals surface area contributed by atoms with Crippen LogP contribution < -0.4 is 5.73 Å². The van der Waals surface area contributed by atoms with Crippen LogP contribution in [0.2, 0.25) is 0 Å². The highest BCUT2D eigenvalue weighted by molar-refractivity contribution is 5.65. The van der Waals surface area contributed by atoms with Crippen LogP contribution in [0.1, 0.15) is 28.6 Å². The van der Waals surface area contributed by atoms with E-state index in [1.54, 1.807) is 6.20 Å². The van der Waals surface area contributed by atoms with Crippen LogP contribution in [-0.4, -0.2) is 21.7 Å². The van der Waals surface area contributed by atoms with Crippen LogP contribution in [0.15, 0.2) is 18.3 Å². The predicted octanol–water partition coefficient (Wildman–Crippen LogP) is 1.99. The lowest BCUT2D eigenvalue weighted by atomic mass is 9.97. The largest absolute Gasteiger partial charge is 0.394 e. The summed E-state index contributed by atoms with van der Waals surface area (Å²) in [5.41, 5.74) is 11.6. The lowest BCUT2D eigenvalue weighted by molar-refractivity contribution is 0.264. The van der Waals surface area contributed by atoms with Crippen LogP contribution in [0.3, 0.4) is 0 Å². The van der Waals surface area contributed by atoms with E-state index in [0.717, 1.165) is 11.3 Å². The van der Waals surface area contributed by atoms with Gasteiger partial charge in [0.15, 0.2) is 0 Å². The predicted molar refractivity (Wildman–Crippen MR) is 72.2 cm³/mol. The molecule has 1 aromatic heterocycles. The Hall–Kier alpha value is -1.65. The molecule has 0 saturated heterocycles. The molecule has 4 nitrogen and oxygen atoms in total. The van der Waals surface area contributed by atoms with Gasteiger partial charge in [-0.05, 0) is 37.5 Å². The first-order chi connectivity index (χ1) is 8.54. The van der Waals surface area contributed by atoms with Gasteiger partial charge >= 0.3 is 0 Å². The van der Waals surface area contributed by atoms with E-state index in [1.165, 1.54) is 16.7 Å². The summed E-state index contributed by atoms with van der Waals surface area (Å²) >= 11 is 0. The van der Waals surface area contributed by atoms with Gasteiger partial charge in [0.1, 0.15) is 5.82 Å². The molecule has 4 heteroatoms. The third-order valence-corrected chi connectivity index (χ3v) is 3.49. The molecule has 0 bridgehead atoms. The molecule has 1 aromatic carbocycles. The molecule has 1 atom stereocenters. The molecule has 0 spiro atoms. The van der Waals surface area contributed by atoms with Crippen LogP contribution in [0, 0.1) is 20.8 Å². The summed E-state index contributed by atoms with van der Waals surface area (Å²) in [5.74, 6) is 0.616. The molecule has 0 aliphatic heterocycles. The van der Waals surface area contributed by atoms with Gasteiger partial charge in [0, 0.05) is 5.56 Å². The Labute approximate surface area is 107 Å². The fourth-order valence-corrected chi connectivity index (χ4v) is 2.00. The van der Waals surface area contributed by atoms with Crippen LogP contribution in [0.25, 0.3) is 11.3 Å². The summed E-state index contributed by atoms with van der Waals surface area (Å²) in [6, 6.07) is 3.73. The minimum atomic E-state index is -0.453. The summed E-state index contributed by atoms with van der Waals surface area (Å²) in [6.45, 7) is 6.21. The third-order valence-electron chi connectivity index (χ3n) is 3.49. The lowest BCUT2D eigenvalue weighted by Crippen LogP contribution is -2.15. The molecule has 2 rings (SSSR count). The number of rotatable bonds is 3. The second-order valence-corrected chi connectivity index (χ2v) is 4.65. The molecular formula is C14H19N3O. The van der Waals surface area contributed by atoms with E-state index in [4.69, 9.17) is 10.8 Å². The van der Waals surface area contributed by atoms with Crippen LogP contribution >= 0.6 is 0 Å². The minimum absolute atomic E-state index is 0.112. The zero-order chi connectivity index (χ0) is 13.3. The summed E-state index contributed by atoms with van der Waals surface area (Å²) in [5, 5.41) is 9.02. The number of aryl methyl sites for hydroxylation is 1. The van der Waals surface area contributed by atoms with E-state index in [0.29, 0.717) is 5.82 Å². The van der Waals surface area contributed by atoms with Gasteiger partial charge in [-0.3, -0.25) is 0 Å². The molecule has 1 heterocycles. The van der Waals surface area contributed by atoms with Crippen molar-refractivity contribution in [1.29, 1.82) is 0 Å². The minimum Gasteiger partial charge on any atom is -0.394 e. The van der Waals surface area contributed by atoms with Crippen molar-refractivity contribution < 1.29 is 5.11 Å². The van der Waals surface area contributed by atoms with E-state index in [1.807, 2.05) is 0 Å². The number of nitrogens with one attached hydrogen (secondary N) is 1. The van der Waals surface area contributed by atoms with Crippen molar-refractivity contribution in [3.8, 4) is 11.3 Å². The fourth-order valence-electron chi connectivity index (χ4n) is 2.00. The number of hydrogen-bond donors (Lipinski definition) is 3. The Bertz CT molecular complexity index is 560. The van der Waals surface area contributed by atoms with Gasteiger partial charge in [0.05, 0.1) is 24.5 Å². The number of imidazole rings is 1. The highest BCUT2D eigenvalue weighted by Gasteiger charge is 2.12. The summed E-state index contributed by atoms with van der Waals surface area (Å²) < 4.78 is 0. The van der Waals surface area contributed by atoms with E-state index in [-0.39, 0.29) is 6.61 Å². The molecule has 96 valence electrons. The molecular weight excluding hydrogens is 226 g/mol. The molecule has 1 unspecified atom stereocenters. The Morgan fingerprint density at radius 1 is 1.28 bits per heavy atom. The van der Waals surface area contributed by atoms with Crippen LogP contribution in [-0.2, 0) is 0 Å². The van der Waals surface area contributed by atoms with Crippen molar-refractivity contribution in [2.45, 2.75) is 26.8 Å². The number of hydrogen-bond acceptors (Lipinski definition) is 3. The zero-order valence-electron chi connectivity index (χ0n) is 11.0. The van der Waals surface area contributed by atoms with Crippen molar-refractivity contribution in [1.82, 2.24) is 9.97 Å². The molecule has 4 N–H and O–H groups in total. The van der Waals surface area contributed by atoms with Gasteiger partial charge < -0.3 is 15.8 Å². The Kier molecular flexibility index (Phi) is 3.50. The number of benzene rings is 1. The SMILES string of the molecule is Cc1ccc(-c2cnc(C(N)CO)[nH]2)c(C)c1C. The van der Waals surface area contributed by atoms with Gasteiger partial charge in [-0.1, -0.05) is 12.1 Å². The Morgan fingerprint density at radius 3 is 2.67 bits per heavy atom. The van der Waals surface area contributed by atoms with Crippen molar-refractivity contribution in [3.63, 3.8) is 0 Å². The highest BCUT2D eigenvalue weighted by Crippen LogP contribution is 2.26. The molecule has 0 saturated carbocycles. The van der Waals surface area contributed by atoms with Crippen molar-refractivity contribution in [2.75, 3.05) is 6.61 Å². The van der Waals surface area contributed by atoms with Crippen molar-refractivity contribution >= 4 is 0 Å². The van der Waals surface area contributed by atoms with Crippen LogP contribution in [0.4, 0.5) is 0 Å². The quantitative estimate of drug-likeness (QED) is 0.774. The first-order valence-corrected chi connectivity index (χ1v) is 6.03. The second kappa shape index (κ2) is 4.92. The first-order valence-electron chi connectivity index (χ1n) is 6.03. The van der Waals surface area contributed by atoms with E-state index in [9.17, 15) is 0 Å². The first kappa shape index (κ1) is 12.8. The molecule has 18 heavy (non-hydrogen) atoms. The molecule has 0 aliphatic carbocycles. The molecule has 0 aliphatic rings. The van der Waals surface area contributed by atoms with E-state index >= 15 is 0 Å². The zero-order valence-corrected chi connectivity index (χ0v) is 11.0. The lowest BCUT2D eigenvalue weighted by Gasteiger charge is -2.10. The Morgan fingerprint density at radius 2 is 2.00 bits per heavy atom. The summed E-state index contributed by atoms with van der Waals surface area (Å²) in [6.07, 6.45) is 1.77. The number of H-pyrrole nitrogens is 1. The van der Waals surface area contributed by atoms with Gasteiger partial charge in [-0.15, -0.1) is 0 Å². The second-order valence-electron chi connectivity index (χ2n) is 4.65. The fraction of sp³-hybridized carbons (Fsp3) is 0.357. The molecule has 0 amide bonds. The molecule has 0 radical (unpaired) electrons. The average Bonchev–Trinajstić information content (AvgIpc) is 2.84. The number of aromatic nitrogens is 2. The number of aliphatic hydroxyl groups is 1. The number of nitrogens with two attached hydrogens (primary N) is 1. The highest BCUT2D eigenvalue weighted by atomic mass is 16.3. The van der Waals surface area contributed by atoms with E-state index < -0.39 is 6.04 Å². The monoisotopic (exact) mass is 245 g/mol. The van der Waals surface area contributed by atoms with E-state index in [2.05, 4.69) is 42.9 Å². The third kappa shape index (κ3) is 2.17.